The molecule has 208 valence electrons. The summed E-state index contributed by atoms with van der Waals surface area (Å²) in [6.45, 7) is 3.64. The summed E-state index contributed by atoms with van der Waals surface area (Å²) in [5, 5.41) is 3.62. The quantitative estimate of drug-likeness (QED) is 0.249. The van der Waals surface area contributed by atoms with Crippen molar-refractivity contribution in [2.75, 3.05) is 17.4 Å². The van der Waals surface area contributed by atoms with Crippen LogP contribution in [0.1, 0.15) is 32.3 Å². The summed E-state index contributed by atoms with van der Waals surface area (Å²) >= 11 is 15.9. The second-order valence-electron chi connectivity index (χ2n) is 8.78. The van der Waals surface area contributed by atoms with Gasteiger partial charge in [0.05, 0.1) is 10.6 Å². The lowest BCUT2D eigenvalue weighted by Gasteiger charge is -2.33. The molecule has 0 radical (unpaired) electrons. The van der Waals surface area contributed by atoms with E-state index in [0.717, 1.165) is 10.7 Å². The van der Waals surface area contributed by atoms with Gasteiger partial charge < -0.3 is 10.2 Å². The Hall–Kier alpha value is -2.59. The Kier molecular flexibility index (Phi) is 11.2. The van der Waals surface area contributed by atoms with Crippen LogP contribution in [0.3, 0.4) is 0 Å². The van der Waals surface area contributed by atoms with E-state index in [0.29, 0.717) is 38.7 Å². The van der Waals surface area contributed by atoms with Gasteiger partial charge in [0, 0.05) is 27.6 Å². The monoisotopic (exact) mass is 653 g/mol. The lowest BCUT2D eigenvalue weighted by molar-refractivity contribution is -0.140. The lowest BCUT2D eigenvalue weighted by atomic mass is 10.1. The molecule has 0 saturated carbocycles. The Labute approximate surface area is 248 Å². The van der Waals surface area contributed by atoms with Crippen LogP contribution in [0.15, 0.2) is 82.2 Å². The maximum Gasteiger partial charge on any atom is 0.264 e. The van der Waals surface area contributed by atoms with Crippen LogP contribution in [0, 0.1) is 0 Å². The number of benzene rings is 3. The van der Waals surface area contributed by atoms with Gasteiger partial charge in [0.15, 0.2) is 0 Å². The van der Waals surface area contributed by atoms with Crippen LogP contribution >= 0.6 is 39.1 Å². The van der Waals surface area contributed by atoms with Crippen LogP contribution in [0.5, 0.6) is 0 Å². The van der Waals surface area contributed by atoms with Crippen LogP contribution in [0.4, 0.5) is 5.69 Å². The van der Waals surface area contributed by atoms with Crippen molar-refractivity contribution in [2.45, 2.75) is 44.2 Å². The third-order valence-corrected chi connectivity index (χ3v) is 8.87. The Balaban J connectivity index is 2.06. The summed E-state index contributed by atoms with van der Waals surface area (Å²) in [5.74, 6) is -0.878. The van der Waals surface area contributed by atoms with Gasteiger partial charge in [0.1, 0.15) is 12.6 Å². The second kappa shape index (κ2) is 14.2. The smallest absolute Gasteiger partial charge is 0.264 e. The first-order valence-corrected chi connectivity index (χ1v) is 15.4. The highest BCUT2D eigenvalue weighted by molar-refractivity contribution is 9.10. The summed E-state index contributed by atoms with van der Waals surface area (Å²) in [4.78, 5) is 28.6. The molecule has 0 saturated heterocycles. The van der Waals surface area contributed by atoms with Gasteiger partial charge in [0.25, 0.3) is 10.0 Å². The zero-order chi connectivity index (χ0) is 28.6. The van der Waals surface area contributed by atoms with Crippen molar-refractivity contribution in [2.24, 2.45) is 0 Å². The topological polar surface area (TPSA) is 86.8 Å². The number of carbonyl (C=O) groups is 2. The molecule has 0 bridgehead atoms. The molecule has 3 aromatic carbocycles. The Bertz CT molecular complexity index is 1410. The van der Waals surface area contributed by atoms with Gasteiger partial charge >= 0.3 is 0 Å². The Morgan fingerprint density at radius 3 is 2.31 bits per heavy atom. The summed E-state index contributed by atoms with van der Waals surface area (Å²) < 4.78 is 29.3. The average Bonchev–Trinajstić information content (AvgIpc) is 2.91. The molecule has 1 N–H and O–H groups in total. The average molecular weight is 655 g/mol. The van der Waals surface area contributed by atoms with Crippen molar-refractivity contribution >= 4 is 66.7 Å². The van der Waals surface area contributed by atoms with Gasteiger partial charge in [-0.05, 0) is 60.9 Å². The molecule has 0 aliphatic carbocycles. The van der Waals surface area contributed by atoms with Crippen molar-refractivity contribution in [3.05, 3.63) is 92.9 Å². The van der Waals surface area contributed by atoms with Gasteiger partial charge in [-0.1, -0.05) is 83.3 Å². The highest BCUT2D eigenvalue weighted by Crippen LogP contribution is 2.28. The van der Waals surface area contributed by atoms with Crippen molar-refractivity contribution < 1.29 is 18.0 Å². The SMILES string of the molecule is CCCNC(=O)[C@@H](CC)N(Cc1ccc(Cl)cc1Cl)C(=O)CN(c1cccc(Br)c1)S(=O)(=O)c1ccccc1. The van der Waals surface area contributed by atoms with E-state index in [1.807, 2.05) is 6.92 Å². The molecular weight excluding hydrogens is 625 g/mol. The number of hydrogen-bond acceptors (Lipinski definition) is 4. The zero-order valence-electron chi connectivity index (χ0n) is 21.6. The predicted molar refractivity (Wildman–Crippen MR) is 160 cm³/mol. The number of anilines is 1. The molecule has 0 aromatic heterocycles. The van der Waals surface area contributed by atoms with E-state index in [1.54, 1.807) is 67.6 Å². The van der Waals surface area contributed by atoms with Crippen molar-refractivity contribution in [3.63, 3.8) is 0 Å². The summed E-state index contributed by atoms with van der Waals surface area (Å²) in [6, 6.07) is 18.6. The fourth-order valence-corrected chi connectivity index (χ4v) is 6.28. The van der Waals surface area contributed by atoms with Gasteiger partial charge in [0.2, 0.25) is 11.8 Å². The van der Waals surface area contributed by atoms with Crippen LogP contribution in [0.2, 0.25) is 10.0 Å². The molecule has 11 heteroatoms. The molecular formula is C28H30BrCl2N3O4S. The third-order valence-electron chi connectivity index (χ3n) is 6.00. The maximum atomic E-state index is 14.0. The molecule has 3 rings (SSSR count). The fourth-order valence-electron chi connectivity index (χ4n) is 4.00. The van der Waals surface area contributed by atoms with Gasteiger partial charge in [-0.3, -0.25) is 13.9 Å². The fraction of sp³-hybridized carbons (Fsp3) is 0.286. The molecule has 0 heterocycles. The molecule has 0 unspecified atom stereocenters. The molecule has 0 spiro atoms. The second-order valence-corrected chi connectivity index (χ2v) is 12.4. The van der Waals surface area contributed by atoms with Gasteiger partial charge in [-0.25, -0.2) is 8.42 Å². The summed E-state index contributed by atoms with van der Waals surface area (Å²) in [5.41, 5.74) is 0.880. The molecule has 2 amide bonds. The molecule has 39 heavy (non-hydrogen) atoms. The molecule has 1 atom stereocenters. The standard InChI is InChI=1S/C28H30BrCl2N3O4S/c1-3-15-32-28(36)26(4-2)33(18-20-13-14-22(30)17-25(20)31)27(35)19-34(23-10-8-9-21(29)16-23)39(37,38)24-11-6-5-7-12-24/h5-14,16-17,26H,3-4,15,18-19H2,1-2H3,(H,32,36)/t26-/m1/s1. The van der Waals surface area contributed by atoms with E-state index in [1.165, 1.54) is 17.0 Å². The van der Waals surface area contributed by atoms with Crippen molar-refractivity contribution in [3.8, 4) is 0 Å². The molecule has 0 aliphatic heterocycles. The van der Waals surface area contributed by atoms with Crippen LogP contribution < -0.4 is 9.62 Å². The first-order chi connectivity index (χ1) is 18.6. The summed E-state index contributed by atoms with van der Waals surface area (Å²) in [7, 11) is -4.13. The van der Waals surface area contributed by atoms with E-state index in [-0.39, 0.29) is 17.3 Å². The largest absolute Gasteiger partial charge is 0.354 e. The van der Waals surface area contributed by atoms with E-state index in [4.69, 9.17) is 23.2 Å². The number of rotatable bonds is 12. The molecule has 7 nitrogen and oxygen atoms in total. The third kappa shape index (κ3) is 7.97. The van der Waals surface area contributed by atoms with Crippen LogP contribution in [0.25, 0.3) is 0 Å². The van der Waals surface area contributed by atoms with Gasteiger partial charge in [-0.15, -0.1) is 0 Å². The number of carbonyl (C=O) groups excluding carboxylic acids is 2. The van der Waals surface area contributed by atoms with Gasteiger partial charge in [-0.2, -0.15) is 0 Å². The van der Waals surface area contributed by atoms with Crippen molar-refractivity contribution in [1.29, 1.82) is 0 Å². The normalized spacial score (nSPS) is 12.0. The highest BCUT2D eigenvalue weighted by Gasteiger charge is 2.34. The number of sulfonamides is 1. The van der Waals surface area contributed by atoms with Crippen LogP contribution in [-0.4, -0.2) is 44.3 Å². The minimum Gasteiger partial charge on any atom is -0.354 e. The van der Waals surface area contributed by atoms with E-state index < -0.39 is 28.5 Å². The Morgan fingerprint density at radius 1 is 0.974 bits per heavy atom. The molecule has 0 fully saturated rings. The Morgan fingerprint density at radius 2 is 1.69 bits per heavy atom. The maximum absolute atomic E-state index is 14.0. The molecule has 0 aliphatic rings. The van der Waals surface area contributed by atoms with Crippen molar-refractivity contribution in [1.82, 2.24) is 10.2 Å². The minimum absolute atomic E-state index is 0.00933. The number of hydrogen-bond donors (Lipinski definition) is 1. The number of amides is 2. The van der Waals surface area contributed by atoms with E-state index in [9.17, 15) is 18.0 Å². The van der Waals surface area contributed by atoms with E-state index >= 15 is 0 Å². The number of nitrogens with one attached hydrogen (secondary N) is 1. The van der Waals surface area contributed by atoms with E-state index in [2.05, 4.69) is 21.2 Å². The highest BCUT2D eigenvalue weighted by atomic mass is 79.9. The minimum atomic E-state index is -4.13. The predicted octanol–water partition coefficient (Wildman–Crippen LogP) is 6.28. The first-order valence-electron chi connectivity index (χ1n) is 12.4. The summed E-state index contributed by atoms with van der Waals surface area (Å²) in [6.07, 6.45) is 1.04. The lowest BCUT2D eigenvalue weighted by Crippen LogP contribution is -2.52. The zero-order valence-corrected chi connectivity index (χ0v) is 25.5. The number of nitrogens with zero attached hydrogens (tertiary/aromatic N) is 2. The van der Waals surface area contributed by atoms with Crippen LogP contribution in [-0.2, 0) is 26.2 Å². The first kappa shape index (κ1) is 30.9. The molecule has 3 aromatic rings. The number of halogens is 3.